The zero-order chi connectivity index (χ0) is 27.1. The Morgan fingerprint density at radius 3 is 2.14 bits per heavy atom. The van der Waals surface area contributed by atoms with Gasteiger partial charge in [0, 0.05) is 0 Å². The molecule has 0 aromatic heterocycles. The molecule has 1 fully saturated rings. The molecule has 206 valence electrons. The van der Waals surface area contributed by atoms with E-state index in [9.17, 15) is 30.6 Å². The lowest BCUT2D eigenvalue weighted by atomic mass is 10.00. The molecule has 1 aliphatic rings. The molecule has 0 amide bonds. The van der Waals surface area contributed by atoms with Crippen LogP contribution in [0.1, 0.15) is 30.6 Å². The number of ether oxygens (including phenoxy) is 5. The Kier molecular flexibility index (Phi) is 10.4. The first-order valence-electron chi connectivity index (χ1n) is 12.0. The molecule has 0 spiro atoms. The van der Waals surface area contributed by atoms with Crippen LogP contribution in [0, 0.1) is 0 Å². The van der Waals surface area contributed by atoms with Gasteiger partial charge in [0.15, 0.2) is 23.9 Å². The Morgan fingerprint density at radius 1 is 0.946 bits per heavy atom. The molecule has 6 N–H and O–H groups in total. The minimum Gasteiger partial charge on any atom is -0.502 e. The highest BCUT2D eigenvalue weighted by atomic mass is 16.7. The maximum atomic E-state index is 10.8. The summed E-state index contributed by atoms with van der Waals surface area (Å²) in [4.78, 5) is 0. The molecule has 11 nitrogen and oxygen atoms in total. The minimum absolute atomic E-state index is 0.117. The van der Waals surface area contributed by atoms with E-state index in [2.05, 4.69) is 0 Å². The number of phenolic OH excluding ortho intramolecular Hbond substituents is 1. The molecule has 2 aromatic rings. The van der Waals surface area contributed by atoms with Crippen molar-refractivity contribution < 1.29 is 54.3 Å². The molecule has 1 aliphatic heterocycles. The number of rotatable bonds is 12. The van der Waals surface area contributed by atoms with Crippen molar-refractivity contribution in [3.05, 3.63) is 47.5 Å². The summed E-state index contributed by atoms with van der Waals surface area (Å²) in [5.41, 5.74) is 1.32. The van der Waals surface area contributed by atoms with Crippen LogP contribution in [0.5, 0.6) is 23.0 Å². The quantitative estimate of drug-likeness (QED) is 0.216. The molecule has 11 heteroatoms. The summed E-state index contributed by atoms with van der Waals surface area (Å²) >= 11 is 0. The number of aliphatic hydroxyl groups is 5. The molecule has 1 saturated heterocycles. The van der Waals surface area contributed by atoms with Crippen molar-refractivity contribution in [3.63, 3.8) is 0 Å². The van der Waals surface area contributed by atoms with Gasteiger partial charge in [-0.05, 0) is 55.2 Å². The van der Waals surface area contributed by atoms with Gasteiger partial charge in [0.1, 0.15) is 30.2 Å². The van der Waals surface area contributed by atoms with E-state index in [0.29, 0.717) is 24.2 Å². The summed E-state index contributed by atoms with van der Waals surface area (Å²) in [6, 6.07) is 10.0. The van der Waals surface area contributed by atoms with Crippen LogP contribution in [0.3, 0.4) is 0 Å². The normalized spacial score (nSPS) is 25.4. The Bertz CT molecular complexity index is 958. The molecule has 0 bridgehead atoms. The zero-order valence-electron chi connectivity index (χ0n) is 21.1. The second-order valence-electron chi connectivity index (χ2n) is 8.86. The third kappa shape index (κ3) is 7.02. The summed E-state index contributed by atoms with van der Waals surface area (Å²) in [6.45, 7) is 1.40. The van der Waals surface area contributed by atoms with Crippen molar-refractivity contribution >= 4 is 0 Å². The van der Waals surface area contributed by atoms with E-state index >= 15 is 0 Å². The van der Waals surface area contributed by atoms with Gasteiger partial charge in [-0.25, -0.2) is 0 Å². The topological polar surface area (TPSA) is 168 Å². The van der Waals surface area contributed by atoms with Crippen LogP contribution in [0.25, 0.3) is 0 Å². The molecule has 2 aromatic carbocycles. The van der Waals surface area contributed by atoms with Gasteiger partial charge < -0.3 is 54.3 Å². The van der Waals surface area contributed by atoms with Crippen molar-refractivity contribution in [1.82, 2.24) is 0 Å². The van der Waals surface area contributed by atoms with Gasteiger partial charge >= 0.3 is 0 Å². The van der Waals surface area contributed by atoms with Crippen molar-refractivity contribution in [2.45, 2.75) is 62.7 Å². The highest BCUT2D eigenvalue weighted by Gasteiger charge is 2.42. The monoisotopic (exact) mass is 524 g/mol. The third-order valence-corrected chi connectivity index (χ3v) is 6.29. The number of benzene rings is 2. The second kappa shape index (κ2) is 13.2. The number of hydrogen-bond donors (Lipinski definition) is 6. The van der Waals surface area contributed by atoms with Gasteiger partial charge in [-0.1, -0.05) is 12.1 Å². The van der Waals surface area contributed by atoms with Crippen molar-refractivity contribution in [2.24, 2.45) is 0 Å². The van der Waals surface area contributed by atoms with E-state index in [1.807, 2.05) is 12.1 Å². The molecule has 7 unspecified atom stereocenters. The van der Waals surface area contributed by atoms with Crippen LogP contribution in [0.2, 0.25) is 0 Å². The Balaban J connectivity index is 1.52. The average Bonchev–Trinajstić information content (AvgIpc) is 2.91. The van der Waals surface area contributed by atoms with Gasteiger partial charge in [0.25, 0.3) is 0 Å². The number of aromatic hydroxyl groups is 1. The predicted molar refractivity (Wildman–Crippen MR) is 131 cm³/mol. The van der Waals surface area contributed by atoms with Gasteiger partial charge in [-0.3, -0.25) is 0 Å². The SMILES string of the molecule is COc1cc(C(O)C(CO)Oc2ccc(CCCOC3OC(C)C(O)C(O)C3O)cc2)cc(OC)c1O. The van der Waals surface area contributed by atoms with Crippen LogP contribution < -0.4 is 14.2 Å². The van der Waals surface area contributed by atoms with Gasteiger partial charge in [0.05, 0.1) is 33.5 Å². The maximum Gasteiger partial charge on any atom is 0.200 e. The fraction of sp³-hybridized carbons (Fsp3) is 0.538. The van der Waals surface area contributed by atoms with Crippen LogP contribution in [0.4, 0.5) is 0 Å². The summed E-state index contributed by atoms with van der Waals surface area (Å²) in [7, 11) is 2.75. The molecule has 0 saturated carbocycles. The molecular weight excluding hydrogens is 488 g/mol. The smallest absolute Gasteiger partial charge is 0.200 e. The fourth-order valence-electron chi connectivity index (χ4n) is 4.04. The Morgan fingerprint density at radius 2 is 1.57 bits per heavy atom. The average molecular weight is 525 g/mol. The first kappa shape index (κ1) is 28.9. The predicted octanol–water partition coefficient (Wildman–Crippen LogP) is 0.659. The van der Waals surface area contributed by atoms with Crippen LogP contribution in [-0.2, 0) is 15.9 Å². The molecule has 3 rings (SSSR count). The lowest BCUT2D eigenvalue weighted by Gasteiger charge is -2.38. The number of hydrogen-bond acceptors (Lipinski definition) is 11. The number of methoxy groups -OCH3 is 2. The van der Waals surface area contributed by atoms with Gasteiger partial charge in [-0.15, -0.1) is 0 Å². The third-order valence-electron chi connectivity index (χ3n) is 6.29. The fourth-order valence-corrected chi connectivity index (χ4v) is 4.04. The molecular formula is C26H36O11. The maximum absolute atomic E-state index is 10.8. The standard InChI is InChI=1S/C26H36O11/c1-14-21(28)24(31)25(32)26(36-14)35-10-4-5-15-6-8-17(9-7-15)37-20(13-27)22(29)16-11-18(33-2)23(30)19(12-16)34-3/h6-9,11-12,14,20-22,24-32H,4-5,10,13H2,1-3H3. The summed E-state index contributed by atoms with van der Waals surface area (Å²) < 4.78 is 27.0. The lowest BCUT2D eigenvalue weighted by Crippen LogP contribution is -2.57. The van der Waals surface area contributed by atoms with Gasteiger partial charge in [0.2, 0.25) is 5.75 Å². The second-order valence-corrected chi connectivity index (χ2v) is 8.86. The first-order chi connectivity index (χ1) is 17.7. The summed E-state index contributed by atoms with van der Waals surface area (Å²) in [5.74, 6) is 0.477. The lowest BCUT2D eigenvalue weighted by molar-refractivity contribution is -0.293. The Hall–Kier alpha value is -2.64. The van der Waals surface area contributed by atoms with E-state index in [1.165, 1.54) is 26.4 Å². The van der Waals surface area contributed by atoms with Crippen LogP contribution >= 0.6 is 0 Å². The first-order valence-corrected chi connectivity index (χ1v) is 12.0. The van der Waals surface area contributed by atoms with E-state index in [0.717, 1.165) is 5.56 Å². The molecule has 1 heterocycles. The largest absolute Gasteiger partial charge is 0.502 e. The van der Waals surface area contributed by atoms with E-state index in [4.69, 9.17) is 23.7 Å². The van der Waals surface area contributed by atoms with E-state index in [1.54, 1.807) is 19.1 Å². The highest BCUT2D eigenvalue weighted by molar-refractivity contribution is 5.53. The van der Waals surface area contributed by atoms with Crippen LogP contribution in [0.15, 0.2) is 36.4 Å². The highest BCUT2D eigenvalue weighted by Crippen LogP contribution is 2.39. The van der Waals surface area contributed by atoms with E-state index < -0.39 is 49.5 Å². The molecule has 0 radical (unpaired) electrons. The molecule has 7 atom stereocenters. The van der Waals surface area contributed by atoms with E-state index in [-0.39, 0.29) is 23.9 Å². The Labute approximate surface area is 215 Å². The van der Waals surface area contributed by atoms with Crippen molar-refractivity contribution in [1.29, 1.82) is 0 Å². The van der Waals surface area contributed by atoms with Crippen molar-refractivity contribution in [2.75, 3.05) is 27.4 Å². The number of aryl methyl sites for hydroxylation is 1. The van der Waals surface area contributed by atoms with Crippen LogP contribution in [-0.4, -0.2) is 94.9 Å². The van der Waals surface area contributed by atoms with Crippen molar-refractivity contribution in [3.8, 4) is 23.0 Å². The number of phenols is 1. The number of aliphatic hydroxyl groups excluding tert-OH is 5. The minimum atomic E-state index is -1.33. The molecule has 37 heavy (non-hydrogen) atoms. The molecule has 0 aliphatic carbocycles. The zero-order valence-corrected chi connectivity index (χ0v) is 21.1. The summed E-state index contributed by atoms with van der Waals surface area (Å²) in [5, 5.41) is 60.3. The summed E-state index contributed by atoms with van der Waals surface area (Å²) in [6.07, 6.45) is -6.46. The van der Waals surface area contributed by atoms with Gasteiger partial charge in [-0.2, -0.15) is 0 Å².